The highest BCUT2D eigenvalue weighted by molar-refractivity contribution is 7.10. The summed E-state index contributed by atoms with van der Waals surface area (Å²) in [6, 6.07) is 2.08. The van der Waals surface area contributed by atoms with Gasteiger partial charge in [0.25, 0.3) is 0 Å². The molecule has 1 aliphatic heterocycles. The number of rotatable bonds is 7. The van der Waals surface area contributed by atoms with Crippen LogP contribution >= 0.6 is 11.3 Å². The molecule has 0 saturated carbocycles. The molecule has 3 rings (SSSR count). The number of morpholine rings is 1. The number of nitrogens with zero attached hydrogens (tertiary/aromatic N) is 5. The lowest BCUT2D eigenvalue weighted by atomic mass is 10.2. The standard InChI is InChI=1S/C18H26N6O2S/c1-13-6-11-27-14(13)4-5-16(25)19-12-15-20-17(23(2)3)22-18(21-15)24-7-9-26-10-8-24/h6,11H,4-5,7-10,12H2,1-3H3,(H,19,25). The third-order valence-electron chi connectivity index (χ3n) is 4.34. The number of aryl methyl sites for hydroxylation is 2. The van der Waals surface area contributed by atoms with E-state index < -0.39 is 0 Å². The summed E-state index contributed by atoms with van der Waals surface area (Å²) >= 11 is 1.69. The normalized spacial score (nSPS) is 14.3. The van der Waals surface area contributed by atoms with Crippen LogP contribution in [0, 0.1) is 6.92 Å². The lowest BCUT2D eigenvalue weighted by molar-refractivity contribution is -0.121. The van der Waals surface area contributed by atoms with Crippen LogP contribution in [0.3, 0.4) is 0 Å². The smallest absolute Gasteiger partial charge is 0.230 e. The Balaban J connectivity index is 1.61. The number of amides is 1. The predicted octanol–water partition coefficient (Wildman–Crippen LogP) is 1.39. The van der Waals surface area contributed by atoms with Crippen molar-refractivity contribution in [2.24, 2.45) is 0 Å². The average molecular weight is 391 g/mol. The molecule has 1 saturated heterocycles. The molecule has 9 heteroatoms. The molecule has 2 aromatic rings. The first-order valence-corrected chi connectivity index (χ1v) is 9.95. The number of hydrogen-bond donors (Lipinski definition) is 1. The second-order valence-corrected chi connectivity index (χ2v) is 7.65. The third kappa shape index (κ3) is 5.36. The summed E-state index contributed by atoms with van der Waals surface area (Å²) in [6.45, 7) is 5.20. The molecular formula is C18H26N6O2S. The van der Waals surface area contributed by atoms with Gasteiger partial charge in [-0.1, -0.05) is 0 Å². The van der Waals surface area contributed by atoms with Gasteiger partial charge in [0.15, 0.2) is 5.82 Å². The Kier molecular flexibility index (Phi) is 6.57. The number of thiophene rings is 1. The van der Waals surface area contributed by atoms with E-state index in [1.807, 2.05) is 19.0 Å². The summed E-state index contributed by atoms with van der Waals surface area (Å²) in [6.07, 6.45) is 1.22. The van der Waals surface area contributed by atoms with E-state index in [4.69, 9.17) is 4.74 Å². The van der Waals surface area contributed by atoms with Crippen LogP contribution in [0.5, 0.6) is 0 Å². The lowest BCUT2D eigenvalue weighted by Gasteiger charge is -2.27. The number of carbonyl (C=O) groups excluding carboxylic acids is 1. The van der Waals surface area contributed by atoms with Gasteiger partial charge in [-0.2, -0.15) is 15.0 Å². The molecule has 1 N–H and O–H groups in total. The van der Waals surface area contributed by atoms with Crippen molar-refractivity contribution in [3.8, 4) is 0 Å². The highest BCUT2D eigenvalue weighted by Gasteiger charge is 2.17. The Morgan fingerprint density at radius 3 is 2.74 bits per heavy atom. The Morgan fingerprint density at radius 1 is 1.30 bits per heavy atom. The first kappa shape index (κ1) is 19.5. The molecule has 1 amide bonds. The summed E-state index contributed by atoms with van der Waals surface area (Å²) in [4.78, 5) is 30.9. The van der Waals surface area contributed by atoms with Crippen LogP contribution in [0.2, 0.25) is 0 Å². The van der Waals surface area contributed by atoms with Crippen molar-refractivity contribution in [2.45, 2.75) is 26.3 Å². The van der Waals surface area contributed by atoms with E-state index in [9.17, 15) is 4.79 Å². The van der Waals surface area contributed by atoms with Gasteiger partial charge in [-0.15, -0.1) is 11.3 Å². The minimum atomic E-state index is 0.00235. The zero-order valence-corrected chi connectivity index (χ0v) is 16.9. The minimum Gasteiger partial charge on any atom is -0.378 e. The van der Waals surface area contributed by atoms with Crippen LogP contribution in [0.15, 0.2) is 11.4 Å². The van der Waals surface area contributed by atoms with E-state index in [0.29, 0.717) is 43.9 Å². The van der Waals surface area contributed by atoms with Gasteiger partial charge in [0.05, 0.1) is 19.8 Å². The highest BCUT2D eigenvalue weighted by atomic mass is 32.1. The van der Waals surface area contributed by atoms with Gasteiger partial charge in [0.2, 0.25) is 17.8 Å². The molecule has 2 aromatic heterocycles. The molecule has 27 heavy (non-hydrogen) atoms. The largest absolute Gasteiger partial charge is 0.378 e. The fraction of sp³-hybridized carbons (Fsp3) is 0.556. The fourth-order valence-electron chi connectivity index (χ4n) is 2.73. The maximum atomic E-state index is 12.2. The van der Waals surface area contributed by atoms with Crippen molar-refractivity contribution in [2.75, 3.05) is 50.2 Å². The molecule has 1 fully saturated rings. The molecule has 0 aromatic carbocycles. The van der Waals surface area contributed by atoms with Crippen LogP contribution < -0.4 is 15.1 Å². The molecule has 146 valence electrons. The first-order chi connectivity index (χ1) is 13.0. The SMILES string of the molecule is Cc1ccsc1CCC(=O)NCc1nc(N(C)C)nc(N2CCOCC2)n1. The number of ether oxygens (including phenoxy) is 1. The molecule has 3 heterocycles. The summed E-state index contributed by atoms with van der Waals surface area (Å²) in [5, 5.41) is 4.99. The average Bonchev–Trinajstić information content (AvgIpc) is 3.10. The Hall–Kier alpha value is -2.26. The monoisotopic (exact) mass is 390 g/mol. The van der Waals surface area contributed by atoms with Crippen molar-refractivity contribution in [3.63, 3.8) is 0 Å². The number of aromatic nitrogens is 3. The highest BCUT2D eigenvalue weighted by Crippen LogP contribution is 2.17. The molecule has 1 aliphatic rings. The maximum Gasteiger partial charge on any atom is 0.230 e. The van der Waals surface area contributed by atoms with E-state index >= 15 is 0 Å². The van der Waals surface area contributed by atoms with Gasteiger partial charge >= 0.3 is 0 Å². The van der Waals surface area contributed by atoms with Crippen LogP contribution in [0.4, 0.5) is 11.9 Å². The first-order valence-electron chi connectivity index (χ1n) is 9.07. The minimum absolute atomic E-state index is 0.00235. The predicted molar refractivity (Wildman–Crippen MR) is 106 cm³/mol. The second kappa shape index (κ2) is 9.09. The summed E-state index contributed by atoms with van der Waals surface area (Å²) in [7, 11) is 3.79. The number of hydrogen-bond acceptors (Lipinski definition) is 8. The molecule has 0 atom stereocenters. The van der Waals surface area contributed by atoms with E-state index in [1.165, 1.54) is 10.4 Å². The van der Waals surface area contributed by atoms with Crippen molar-refractivity contribution in [1.82, 2.24) is 20.3 Å². The Labute approximate surface area is 163 Å². The maximum absolute atomic E-state index is 12.2. The van der Waals surface area contributed by atoms with Crippen LogP contribution in [-0.2, 0) is 22.5 Å². The van der Waals surface area contributed by atoms with Crippen molar-refractivity contribution >= 4 is 29.1 Å². The number of anilines is 2. The molecule has 0 aliphatic carbocycles. The topological polar surface area (TPSA) is 83.5 Å². The van der Waals surface area contributed by atoms with Gasteiger partial charge in [-0.25, -0.2) is 0 Å². The van der Waals surface area contributed by atoms with Crippen molar-refractivity contribution < 1.29 is 9.53 Å². The van der Waals surface area contributed by atoms with Crippen LogP contribution in [-0.4, -0.2) is 61.3 Å². The zero-order chi connectivity index (χ0) is 19.2. The fourth-order valence-corrected chi connectivity index (χ4v) is 3.64. The number of carbonyl (C=O) groups is 1. The summed E-state index contributed by atoms with van der Waals surface area (Å²) in [5.74, 6) is 1.79. The zero-order valence-electron chi connectivity index (χ0n) is 16.1. The van der Waals surface area contributed by atoms with Gasteiger partial charge in [0.1, 0.15) is 0 Å². The second-order valence-electron chi connectivity index (χ2n) is 6.65. The molecule has 0 unspecified atom stereocenters. The number of nitrogens with one attached hydrogen (secondary N) is 1. The third-order valence-corrected chi connectivity index (χ3v) is 5.43. The van der Waals surface area contributed by atoms with Gasteiger partial charge in [-0.3, -0.25) is 4.79 Å². The molecule has 0 bridgehead atoms. The quantitative estimate of drug-likeness (QED) is 0.765. The van der Waals surface area contributed by atoms with E-state index in [-0.39, 0.29) is 5.91 Å². The molecule has 0 spiro atoms. The Bertz CT molecular complexity index is 773. The van der Waals surface area contributed by atoms with Crippen molar-refractivity contribution in [1.29, 1.82) is 0 Å². The summed E-state index contributed by atoms with van der Waals surface area (Å²) < 4.78 is 5.39. The summed E-state index contributed by atoms with van der Waals surface area (Å²) in [5.41, 5.74) is 1.25. The van der Waals surface area contributed by atoms with Crippen LogP contribution in [0.25, 0.3) is 0 Å². The Morgan fingerprint density at radius 2 is 2.07 bits per heavy atom. The molecule has 8 nitrogen and oxygen atoms in total. The van der Waals surface area contributed by atoms with E-state index in [2.05, 4.69) is 43.5 Å². The van der Waals surface area contributed by atoms with E-state index in [0.717, 1.165) is 19.5 Å². The van der Waals surface area contributed by atoms with Gasteiger partial charge in [-0.05, 0) is 30.4 Å². The van der Waals surface area contributed by atoms with Gasteiger partial charge < -0.3 is 19.9 Å². The van der Waals surface area contributed by atoms with Crippen molar-refractivity contribution in [3.05, 3.63) is 27.7 Å². The molecular weight excluding hydrogens is 364 g/mol. The molecule has 0 radical (unpaired) electrons. The van der Waals surface area contributed by atoms with E-state index in [1.54, 1.807) is 11.3 Å². The van der Waals surface area contributed by atoms with Gasteiger partial charge in [0, 0.05) is 38.5 Å². The van der Waals surface area contributed by atoms with Crippen LogP contribution in [0.1, 0.15) is 22.7 Å². The lowest BCUT2D eigenvalue weighted by Crippen LogP contribution is -2.38.